The van der Waals surface area contributed by atoms with E-state index < -0.39 is 28.0 Å². The normalized spacial score (nSPS) is 9.71. The fourth-order valence-electron chi connectivity index (χ4n) is 1.16. The molecule has 0 saturated carbocycles. The lowest BCUT2D eigenvalue weighted by atomic mass is 10.3. The van der Waals surface area contributed by atoms with Crippen LogP contribution in [0.1, 0.15) is 0 Å². The Bertz CT molecular complexity index is 683. The first-order valence-electron chi connectivity index (χ1n) is 5.18. The Morgan fingerprint density at radius 1 is 1.00 bits per heavy atom. The second-order valence-electron chi connectivity index (χ2n) is 3.61. The molecule has 0 atom stereocenters. The summed E-state index contributed by atoms with van der Waals surface area (Å²) in [6.07, 6.45) is 0. The summed E-state index contributed by atoms with van der Waals surface area (Å²) in [6, 6.07) is 5.49. The Kier molecular flexibility index (Phi) is 6.03. The predicted octanol–water partition coefficient (Wildman–Crippen LogP) is 4.50. The molecule has 0 radical (unpaired) electrons. The average molecular weight is 427 g/mol. The first-order chi connectivity index (χ1) is 9.72. The highest BCUT2D eigenvalue weighted by Crippen LogP contribution is 2.30. The van der Waals surface area contributed by atoms with Gasteiger partial charge in [-0.15, -0.1) is 0 Å². The van der Waals surface area contributed by atoms with Crippen LogP contribution < -0.4 is 0 Å². The zero-order valence-corrected chi connectivity index (χ0v) is 13.2. The van der Waals surface area contributed by atoms with E-state index in [1.165, 1.54) is 12.1 Å². The molecule has 0 bridgehead atoms. The maximum absolute atomic E-state index is 12.6. The average Bonchev–Trinajstić information content (AvgIpc) is 2.39. The van der Waals surface area contributed by atoms with Gasteiger partial charge in [0.25, 0.3) is 0 Å². The van der Waals surface area contributed by atoms with Crippen molar-refractivity contribution in [3.63, 3.8) is 0 Å². The van der Waals surface area contributed by atoms with Crippen molar-refractivity contribution in [3.05, 3.63) is 61.0 Å². The number of aromatic hydroxyl groups is 2. The van der Waals surface area contributed by atoms with E-state index in [4.69, 9.17) is 10.2 Å². The lowest BCUT2D eigenvalue weighted by molar-refractivity contribution is -0.386. The molecule has 0 aliphatic rings. The molecule has 0 aliphatic heterocycles. The van der Waals surface area contributed by atoms with Crippen molar-refractivity contribution in [2.24, 2.45) is 0 Å². The van der Waals surface area contributed by atoms with E-state index in [2.05, 4.69) is 31.9 Å². The summed E-state index contributed by atoms with van der Waals surface area (Å²) in [7, 11) is 0. The molecule has 0 fully saturated rings. The molecular weight excluding hydrogens is 420 g/mol. The Hall–Kier alpha value is -1.74. The number of nitro benzene ring substituents is 1. The van der Waals surface area contributed by atoms with Gasteiger partial charge in [-0.05, 0) is 44.0 Å². The zero-order valence-electron chi connectivity index (χ0n) is 10.1. The fourth-order valence-corrected chi connectivity index (χ4v) is 1.74. The first kappa shape index (κ1) is 17.3. The molecular formula is C12H7Br2F2NO4. The minimum Gasteiger partial charge on any atom is -0.508 e. The van der Waals surface area contributed by atoms with Crippen LogP contribution in [0, 0.1) is 21.7 Å². The van der Waals surface area contributed by atoms with E-state index in [-0.39, 0.29) is 10.2 Å². The topological polar surface area (TPSA) is 83.6 Å². The molecule has 0 saturated heterocycles. The standard InChI is InChI=1S/C6H3BrFNO3.C6H4BrFO/c7-3-1-5(9(11)12)6(10)2-4(3)8;7-5-2-1-4(9)3-6(5)8/h1-2,10H;1-3,9H. The zero-order chi connectivity index (χ0) is 16.2. The van der Waals surface area contributed by atoms with Crippen molar-refractivity contribution in [2.75, 3.05) is 0 Å². The largest absolute Gasteiger partial charge is 0.508 e. The van der Waals surface area contributed by atoms with Gasteiger partial charge in [-0.3, -0.25) is 10.1 Å². The SMILES string of the molecule is O=[N+]([O-])c1cc(Br)c(F)cc1O.Oc1ccc(Br)c(F)c1. The molecule has 0 aromatic heterocycles. The van der Waals surface area contributed by atoms with Crippen LogP contribution in [0.5, 0.6) is 11.5 Å². The van der Waals surface area contributed by atoms with Gasteiger partial charge in [-0.2, -0.15) is 0 Å². The van der Waals surface area contributed by atoms with Gasteiger partial charge in [0.05, 0.1) is 13.9 Å². The summed E-state index contributed by atoms with van der Waals surface area (Å²) in [5.74, 6) is -1.93. The quantitative estimate of drug-likeness (QED) is 0.519. The molecule has 0 spiro atoms. The Labute approximate surface area is 134 Å². The van der Waals surface area contributed by atoms with Crippen molar-refractivity contribution in [3.8, 4) is 11.5 Å². The van der Waals surface area contributed by atoms with E-state index in [1.54, 1.807) is 0 Å². The molecule has 9 heteroatoms. The van der Waals surface area contributed by atoms with Crippen molar-refractivity contribution in [2.45, 2.75) is 0 Å². The second-order valence-corrected chi connectivity index (χ2v) is 5.32. The molecule has 21 heavy (non-hydrogen) atoms. The van der Waals surface area contributed by atoms with Gasteiger partial charge in [0.15, 0.2) is 5.75 Å². The smallest absolute Gasteiger partial charge is 0.312 e. The molecule has 5 nitrogen and oxygen atoms in total. The predicted molar refractivity (Wildman–Crippen MR) is 78.2 cm³/mol. The van der Waals surface area contributed by atoms with Gasteiger partial charge in [-0.1, -0.05) is 0 Å². The molecule has 0 heterocycles. The Morgan fingerprint density at radius 3 is 2.05 bits per heavy atom. The van der Waals surface area contributed by atoms with Crippen LogP contribution >= 0.6 is 31.9 Å². The van der Waals surface area contributed by atoms with Gasteiger partial charge in [0.2, 0.25) is 0 Å². The van der Waals surface area contributed by atoms with Crippen LogP contribution in [0.25, 0.3) is 0 Å². The highest BCUT2D eigenvalue weighted by Gasteiger charge is 2.16. The number of hydrogen-bond acceptors (Lipinski definition) is 4. The van der Waals surface area contributed by atoms with Crippen LogP contribution in [-0.2, 0) is 0 Å². The fraction of sp³-hybridized carbons (Fsp3) is 0. The van der Waals surface area contributed by atoms with Crippen LogP contribution in [-0.4, -0.2) is 15.1 Å². The first-order valence-corrected chi connectivity index (χ1v) is 6.77. The van der Waals surface area contributed by atoms with Gasteiger partial charge < -0.3 is 10.2 Å². The van der Waals surface area contributed by atoms with E-state index in [1.807, 2.05) is 0 Å². The second kappa shape index (κ2) is 7.32. The Morgan fingerprint density at radius 2 is 1.57 bits per heavy atom. The number of hydrogen-bond donors (Lipinski definition) is 2. The molecule has 2 aromatic rings. The molecule has 0 aliphatic carbocycles. The summed E-state index contributed by atoms with van der Waals surface area (Å²) in [5, 5.41) is 27.7. The van der Waals surface area contributed by atoms with Crippen molar-refractivity contribution in [1.82, 2.24) is 0 Å². The van der Waals surface area contributed by atoms with Crippen molar-refractivity contribution >= 4 is 37.5 Å². The highest BCUT2D eigenvalue weighted by atomic mass is 79.9. The highest BCUT2D eigenvalue weighted by molar-refractivity contribution is 9.10. The summed E-state index contributed by atoms with van der Waals surface area (Å²) in [6.45, 7) is 0. The van der Waals surface area contributed by atoms with Crippen LogP contribution in [0.4, 0.5) is 14.5 Å². The third-order valence-electron chi connectivity index (χ3n) is 2.12. The number of phenols is 2. The summed E-state index contributed by atoms with van der Waals surface area (Å²) < 4.78 is 25.3. The third-order valence-corrected chi connectivity index (χ3v) is 3.37. The number of phenolic OH excluding ortho intramolecular Hbond substituents is 2. The van der Waals surface area contributed by atoms with Crippen LogP contribution in [0.15, 0.2) is 39.3 Å². The van der Waals surface area contributed by atoms with E-state index in [0.29, 0.717) is 10.5 Å². The Balaban J connectivity index is 0.000000219. The molecule has 112 valence electrons. The molecule has 2 N–H and O–H groups in total. The minimum absolute atomic E-state index is 0.0491. The van der Waals surface area contributed by atoms with Crippen molar-refractivity contribution in [1.29, 1.82) is 0 Å². The van der Waals surface area contributed by atoms with E-state index in [9.17, 15) is 18.9 Å². The summed E-state index contributed by atoms with van der Waals surface area (Å²) in [4.78, 5) is 9.40. The van der Waals surface area contributed by atoms with Crippen LogP contribution in [0.2, 0.25) is 0 Å². The minimum atomic E-state index is -0.792. The maximum Gasteiger partial charge on any atom is 0.312 e. The van der Waals surface area contributed by atoms with Gasteiger partial charge >= 0.3 is 5.69 Å². The molecule has 2 aromatic carbocycles. The van der Waals surface area contributed by atoms with Gasteiger partial charge in [0.1, 0.15) is 17.4 Å². The van der Waals surface area contributed by atoms with Gasteiger partial charge in [-0.25, -0.2) is 8.78 Å². The summed E-state index contributed by atoms with van der Waals surface area (Å²) in [5.41, 5.74) is -0.525. The molecule has 0 unspecified atom stereocenters. The van der Waals surface area contributed by atoms with E-state index >= 15 is 0 Å². The van der Waals surface area contributed by atoms with Crippen LogP contribution in [0.3, 0.4) is 0 Å². The van der Waals surface area contributed by atoms with E-state index in [0.717, 1.165) is 12.1 Å². The number of halogens is 4. The summed E-state index contributed by atoms with van der Waals surface area (Å²) >= 11 is 5.70. The molecule has 0 amide bonds. The lowest BCUT2D eigenvalue weighted by Gasteiger charge is -1.97. The van der Waals surface area contributed by atoms with Gasteiger partial charge in [0, 0.05) is 18.2 Å². The lowest BCUT2D eigenvalue weighted by Crippen LogP contribution is -1.89. The number of nitro groups is 1. The maximum atomic E-state index is 12.6. The third kappa shape index (κ3) is 4.94. The van der Waals surface area contributed by atoms with Crippen molar-refractivity contribution < 1.29 is 23.9 Å². The number of rotatable bonds is 1. The monoisotopic (exact) mass is 425 g/mol. The molecule has 2 rings (SSSR count). The number of nitrogens with zero attached hydrogens (tertiary/aromatic N) is 1. The number of benzene rings is 2.